The molecule has 0 saturated carbocycles. The van der Waals surface area contributed by atoms with Crippen LogP contribution in [0.2, 0.25) is 5.02 Å². The van der Waals surface area contributed by atoms with Crippen LogP contribution in [0.25, 0.3) is 0 Å². The fraction of sp³-hybridized carbons (Fsp3) is 0.182. The first kappa shape index (κ1) is 11.3. The van der Waals surface area contributed by atoms with E-state index in [9.17, 15) is 0 Å². The average Bonchev–Trinajstić information content (AvgIpc) is 2.67. The Hall–Kier alpha value is -1.19. The Morgan fingerprint density at radius 1 is 1.44 bits per heavy atom. The van der Waals surface area contributed by atoms with E-state index in [2.05, 4.69) is 5.10 Å². The van der Waals surface area contributed by atoms with Crippen LogP contribution in [0.4, 0.5) is 0 Å². The molecule has 0 radical (unpaired) electrons. The maximum absolute atomic E-state index is 5.87. The third kappa shape index (κ3) is 2.49. The van der Waals surface area contributed by atoms with E-state index in [-0.39, 0.29) is 0 Å². The van der Waals surface area contributed by atoms with Crippen LogP contribution in [0.1, 0.15) is 5.56 Å². The number of alkyl halides is 1. The zero-order chi connectivity index (χ0) is 11.5. The van der Waals surface area contributed by atoms with Crippen molar-refractivity contribution in [1.82, 2.24) is 9.78 Å². The van der Waals surface area contributed by atoms with Gasteiger partial charge < -0.3 is 4.74 Å². The van der Waals surface area contributed by atoms with Gasteiger partial charge in [0.1, 0.15) is 5.75 Å². The highest BCUT2D eigenvalue weighted by molar-refractivity contribution is 6.30. The maximum atomic E-state index is 5.87. The fourth-order valence-corrected chi connectivity index (χ4v) is 1.73. The van der Waals surface area contributed by atoms with Crippen molar-refractivity contribution in [1.29, 1.82) is 0 Å². The third-order valence-electron chi connectivity index (χ3n) is 2.08. The monoisotopic (exact) mass is 256 g/mol. The number of ether oxygens (including phenoxy) is 1. The van der Waals surface area contributed by atoms with Crippen LogP contribution in [0.5, 0.6) is 11.5 Å². The molecule has 0 unspecified atom stereocenters. The van der Waals surface area contributed by atoms with Crippen molar-refractivity contribution in [2.45, 2.75) is 5.88 Å². The standard InChI is InChI=1S/C11H10Cl2N2O/c1-15-7-10(6-14-15)16-11-3-2-9(13)4-8(11)5-12/h2-4,6-7H,5H2,1H3. The van der Waals surface area contributed by atoms with Gasteiger partial charge in [-0.05, 0) is 18.2 Å². The molecule has 0 aliphatic carbocycles. The summed E-state index contributed by atoms with van der Waals surface area (Å²) in [4.78, 5) is 0. The van der Waals surface area contributed by atoms with Crippen molar-refractivity contribution in [3.8, 4) is 11.5 Å². The van der Waals surface area contributed by atoms with Crippen molar-refractivity contribution < 1.29 is 4.74 Å². The predicted octanol–water partition coefficient (Wildman–Crippen LogP) is 3.60. The van der Waals surface area contributed by atoms with E-state index >= 15 is 0 Å². The minimum absolute atomic E-state index is 0.357. The summed E-state index contributed by atoms with van der Waals surface area (Å²) in [5.41, 5.74) is 0.859. The Kier molecular flexibility index (Phi) is 3.36. The molecular formula is C11H10Cl2N2O. The summed E-state index contributed by atoms with van der Waals surface area (Å²) in [6.07, 6.45) is 3.43. The molecule has 0 aliphatic rings. The molecule has 1 aromatic heterocycles. The first-order valence-electron chi connectivity index (χ1n) is 4.70. The van der Waals surface area contributed by atoms with Crippen molar-refractivity contribution >= 4 is 23.2 Å². The topological polar surface area (TPSA) is 27.1 Å². The van der Waals surface area contributed by atoms with Gasteiger partial charge in [0.2, 0.25) is 0 Å². The molecule has 0 spiro atoms. The highest BCUT2D eigenvalue weighted by atomic mass is 35.5. The Bertz CT molecular complexity index is 496. The van der Waals surface area contributed by atoms with Crippen LogP contribution >= 0.6 is 23.2 Å². The molecule has 0 N–H and O–H groups in total. The van der Waals surface area contributed by atoms with E-state index in [1.54, 1.807) is 35.3 Å². The second kappa shape index (κ2) is 4.76. The van der Waals surface area contributed by atoms with Gasteiger partial charge in [-0.1, -0.05) is 11.6 Å². The summed E-state index contributed by atoms with van der Waals surface area (Å²) < 4.78 is 7.32. The Labute approximate surface area is 104 Å². The largest absolute Gasteiger partial charge is 0.454 e. The van der Waals surface area contributed by atoms with Gasteiger partial charge in [0, 0.05) is 17.6 Å². The Morgan fingerprint density at radius 2 is 2.25 bits per heavy atom. The molecule has 0 amide bonds. The van der Waals surface area contributed by atoms with Crippen LogP contribution in [0.3, 0.4) is 0 Å². The minimum atomic E-state index is 0.357. The molecule has 0 saturated heterocycles. The van der Waals surface area contributed by atoms with Crippen molar-refractivity contribution in [2.24, 2.45) is 7.05 Å². The Morgan fingerprint density at radius 3 is 2.88 bits per heavy atom. The van der Waals surface area contributed by atoms with Gasteiger partial charge in [-0.2, -0.15) is 5.10 Å². The van der Waals surface area contributed by atoms with Gasteiger partial charge in [-0.15, -0.1) is 11.6 Å². The van der Waals surface area contributed by atoms with E-state index in [1.165, 1.54) is 0 Å². The molecule has 84 valence electrons. The molecule has 0 atom stereocenters. The molecule has 0 bridgehead atoms. The molecule has 0 fully saturated rings. The molecule has 2 rings (SSSR count). The average molecular weight is 257 g/mol. The van der Waals surface area contributed by atoms with Gasteiger partial charge in [0.15, 0.2) is 5.75 Å². The van der Waals surface area contributed by atoms with Crippen molar-refractivity contribution in [3.05, 3.63) is 41.2 Å². The lowest BCUT2D eigenvalue weighted by Crippen LogP contribution is -1.89. The van der Waals surface area contributed by atoms with Crippen LogP contribution < -0.4 is 4.74 Å². The Balaban J connectivity index is 2.27. The van der Waals surface area contributed by atoms with Crippen LogP contribution in [-0.2, 0) is 12.9 Å². The van der Waals surface area contributed by atoms with Crippen molar-refractivity contribution in [2.75, 3.05) is 0 Å². The molecule has 16 heavy (non-hydrogen) atoms. The normalized spacial score (nSPS) is 10.4. The number of aromatic nitrogens is 2. The minimum Gasteiger partial charge on any atom is -0.454 e. The summed E-state index contributed by atoms with van der Waals surface area (Å²) >= 11 is 11.7. The highest BCUT2D eigenvalue weighted by Gasteiger charge is 2.06. The smallest absolute Gasteiger partial charge is 0.165 e. The number of rotatable bonds is 3. The number of aryl methyl sites for hydroxylation is 1. The van der Waals surface area contributed by atoms with E-state index in [1.807, 2.05) is 7.05 Å². The molecule has 0 aliphatic heterocycles. The summed E-state index contributed by atoms with van der Waals surface area (Å²) in [6, 6.07) is 5.36. The zero-order valence-electron chi connectivity index (χ0n) is 8.65. The summed E-state index contributed by atoms with van der Waals surface area (Å²) in [6.45, 7) is 0. The summed E-state index contributed by atoms with van der Waals surface area (Å²) in [5, 5.41) is 4.67. The molecule has 1 aromatic carbocycles. The molecular weight excluding hydrogens is 247 g/mol. The van der Waals surface area contributed by atoms with E-state index in [4.69, 9.17) is 27.9 Å². The predicted molar refractivity (Wildman–Crippen MR) is 64.3 cm³/mol. The number of hydrogen-bond acceptors (Lipinski definition) is 2. The van der Waals surface area contributed by atoms with E-state index in [0.717, 1.165) is 5.56 Å². The van der Waals surface area contributed by atoms with E-state index in [0.29, 0.717) is 22.4 Å². The first-order valence-corrected chi connectivity index (χ1v) is 5.61. The molecule has 5 heteroatoms. The second-order valence-corrected chi connectivity index (χ2v) is 4.04. The van der Waals surface area contributed by atoms with Gasteiger partial charge in [-0.25, -0.2) is 0 Å². The SMILES string of the molecule is Cn1cc(Oc2ccc(Cl)cc2CCl)cn1. The second-order valence-electron chi connectivity index (χ2n) is 3.34. The molecule has 2 aromatic rings. The number of halogens is 2. The van der Waals surface area contributed by atoms with E-state index < -0.39 is 0 Å². The fourth-order valence-electron chi connectivity index (χ4n) is 1.33. The lowest BCUT2D eigenvalue weighted by Gasteiger charge is -2.07. The van der Waals surface area contributed by atoms with Gasteiger partial charge >= 0.3 is 0 Å². The van der Waals surface area contributed by atoms with Gasteiger partial charge in [0.05, 0.1) is 18.3 Å². The van der Waals surface area contributed by atoms with Crippen LogP contribution in [0.15, 0.2) is 30.6 Å². The zero-order valence-corrected chi connectivity index (χ0v) is 10.2. The number of benzene rings is 1. The maximum Gasteiger partial charge on any atom is 0.165 e. The summed E-state index contributed by atoms with van der Waals surface area (Å²) in [7, 11) is 1.83. The highest BCUT2D eigenvalue weighted by Crippen LogP contribution is 2.28. The number of nitrogens with zero attached hydrogens (tertiary/aromatic N) is 2. The van der Waals surface area contributed by atoms with Crippen LogP contribution in [0, 0.1) is 0 Å². The van der Waals surface area contributed by atoms with Gasteiger partial charge in [-0.3, -0.25) is 4.68 Å². The third-order valence-corrected chi connectivity index (χ3v) is 2.60. The number of hydrogen-bond donors (Lipinski definition) is 0. The first-order chi connectivity index (χ1) is 7.69. The lowest BCUT2D eigenvalue weighted by molar-refractivity contribution is 0.477. The van der Waals surface area contributed by atoms with Gasteiger partial charge in [0.25, 0.3) is 0 Å². The van der Waals surface area contributed by atoms with Crippen LogP contribution in [-0.4, -0.2) is 9.78 Å². The quantitative estimate of drug-likeness (QED) is 0.785. The molecule has 1 heterocycles. The summed E-state index contributed by atoms with van der Waals surface area (Å²) in [5.74, 6) is 1.74. The lowest BCUT2D eigenvalue weighted by atomic mass is 10.2. The molecule has 3 nitrogen and oxygen atoms in total. The van der Waals surface area contributed by atoms with Crippen molar-refractivity contribution in [3.63, 3.8) is 0 Å².